The van der Waals surface area contributed by atoms with Gasteiger partial charge in [-0.05, 0) is 51.1 Å². The largest absolute Gasteiger partial charge is 0.481 e. The average Bonchev–Trinajstić information content (AvgIpc) is 3.03. The van der Waals surface area contributed by atoms with Crippen LogP contribution in [0, 0.1) is 13.8 Å². The molecule has 0 spiro atoms. The van der Waals surface area contributed by atoms with Gasteiger partial charge < -0.3 is 14.8 Å². The van der Waals surface area contributed by atoms with Crippen LogP contribution < -0.4 is 10.1 Å². The van der Waals surface area contributed by atoms with Crippen LogP contribution in [0.15, 0.2) is 42.6 Å². The molecule has 29 heavy (non-hydrogen) atoms. The number of benzene rings is 1. The van der Waals surface area contributed by atoms with Crippen LogP contribution in [0.1, 0.15) is 39.0 Å². The van der Waals surface area contributed by atoms with Crippen LogP contribution in [0.25, 0.3) is 5.69 Å². The van der Waals surface area contributed by atoms with Crippen LogP contribution in [0.5, 0.6) is 5.88 Å². The summed E-state index contributed by atoms with van der Waals surface area (Å²) in [6, 6.07) is 10.3. The number of pyridine rings is 1. The molecule has 0 aliphatic rings. The van der Waals surface area contributed by atoms with Crippen LogP contribution in [0.2, 0.25) is 0 Å². The van der Waals surface area contributed by atoms with Crippen molar-refractivity contribution in [3.05, 3.63) is 65.1 Å². The van der Waals surface area contributed by atoms with Crippen LogP contribution in [0.3, 0.4) is 0 Å². The molecule has 0 saturated carbocycles. The molecule has 2 heterocycles. The summed E-state index contributed by atoms with van der Waals surface area (Å²) in [5, 5.41) is 7.22. The Morgan fingerprint density at radius 1 is 1.10 bits per heavy atom. The Hall–Kier alpha value is -3.68. The number of amides is 1. The number of methoxy groups -OCH3 is 1. The molecule has 0 radical (unpaired) electrons. The second-order valence-electron chi connectivity index (χ2n) is 6.27. The molecular weight excluding hydrogens is 372 g/mol. The van der Waals surface area contributed by atoms with Gasteiger partial charge in [0.15, 0.2) is 0 Å². The van der Waals surface area contributed by atoms with Crippen molar-refractivity contribution in [2.24, 2.45) is 0 Å². The summed E-state index contributed by atoms with van der Waals surface area (Å²) < 4.78 is 11.8. The maximum atomic E-state index is 12.4. The molecule has 150 valence electrons. The van der Waals surface area contributed by atoms with Gasteiger partial charge in [0.25, 0.3) is 5.91 Å². The summed E-state index contributed by atoms with van der Waals surface area (Å²) >= 11 is 0. The number of esters is 1. The third-order valence-corrected chi connectivity index (χ3v) is 4.35. The molecule has 0 atom stereocenters. The van der Waals surface area contributed by atoms with E-state index >= 15 is 0 Å². The maximum absolute atomic E-state index is 12.4. The predicted octanol–water partition coefficient (Wildman–Crippen LogP) is 3.32. The van der Waals surface area contributed by atoms with Gasteiger partial charge >= 0.3 is 5.97 Å². The zero-order valence-corrected chi connectivity index (χ0v) is 16.7. The number of aromatic nitrogens is 3. The van der Waals surface area contributed by atoms with Crippen molar-refractivity contribution in [2.45, 2.75) is 20.8 Å². The minimum atomic E-state index is -0.391. The number of hydrogen-bond acceptors (Lipinski definition) is 6. The van der Waals surface area contributed by atoms with E-state index in [1.807, 2.05) is 6.92 Å². The Balaban J connectivity index is 1.78. The topological polar surface area (TPSA) is 95.3 Å². The van der Waals surface area contributed by atoms with E-state index in [0.29, 0.717) is 40.7 Å². The lowest BCUT2D eigenvalue weighted by Gasteiger charge is -2.08. The molecule has 0 unspecified atom stereocenters. The highest BCUT2D eigenvalue weighted by molar-refractivity contribution is 6.04. The summed E-state index contributed by atoms with van der Waals surface area (Å²) in [5.41, 5.74) is 3.52. The van der Waals surface area contributed by atoms with Crippen molar-refractivity contribution in [3.8, 4) is 11.6 Å². The third kappa shape index (κ3) is 4.26. The monoisotopic (exact) mass is 394 g/mol. The third-order valence-electron chi connectivity index (χ3n) is 4.35. The quantitative estimate of drug-likeness (QED) is 0.645. The molecule has 1 N–H and O–H groups in total. The number of anilines is 1. The van der Waals surface area contributed by atoms with Gasteiger partial charge in [-0.3, -0.25) is 4.79 Å². The standard InChI is InChI=1S/C21H22N4O4/c1-5-29-21(27)19-13(2)24-25(14(19)3)17-9-6-15(7-10-17)20(26)23-16-8-11-18(28-4)22-12-16/h6-12H,5H2,1-4H3,(H,23,26). The molecular formula is C21H22N4O4. The zero-order valence-electron chi connectivity index (χ0n) is 16.7. The SMILES string of the molecule is CCOC(=O)c1c(C)nn(-c2ccc(C(=O)Nc3ccc(OC)nc3)cc2)c1C. The van der Waals surface area contributed by atoms with Crippen molar-refractivity contribution < 1.29 is 19.1 Å². The van der Waals surface area contributed by atoms with E-state index in [1.54, 1.807) is 54.9 Å². The lowest BCUT2D eigenvalue weighted by atomic mass is 10.1. The lowest BCUT2D eigenvalue weighted by molar-refractivity contribution is 0.0524. The number of nitrogens with one attached hydrogen (secondary N) is 1. The van der Waals surface area contributed by atoms with Crippen molar-refractivity contribution >= 4 is 17.6 Å². The fraction of sp³-hybridized carbons (Fsp3) is 0.238. The number of aryl methyl sites for hydroxylation is 1. The Morgan fingerprint density at radius 2 is 1.83 bits per heavy atom. The molecule has 2 aromatic heterocycles. The van der Waals surface area contributed by atoms with Gasteiger partial charge in [-0.15, -0.1) is 0 Å². The maximum Gasteiger partial charge on any atom is 0.341 e. The zero-order chi connectivity index (χ0) is 21.0. The molecule has 0 aliphatic heterocycles. The van der Waals surface area contributed by atoms with Gasteiger partial charge in [-0.2, -0.15) is 5.10 Å². The lowest BCUT2D eigenvalue weighted by Crippen LogP contribution is -2.12. The smallest absolute Gasteiger partial charge is 0.341 e. The molecule has 0 fully saturated rings. The van der Waals surface area contributed by atoms with Gasteiger partial charge in [0.05, 0.1) is 42.7 Å². The Morgan fingerprint density at radius 3 is 2.41 bits per heavy atom. The molecule has 0 aliphatic carbocycles. The van der Waals surface area contributed by atoms with Crippen LogP contribution in [-0.2, 0) is 4.74 Å². The van der Waals surface area contributed by atoms with Crippen LogP contribution in [-0.4, -0.2) is 40.4 Å². The van der Waals surface area contributed by atoms with E-state index in [2.05, 4.69) is 15.4 Å². The minimum absolute atomic E-state index is 0.260. The normalized spacial score (nSPS) is 10.5. The summed E-state index contributed by atoms with van der Waals surface area (Å²) in [6.07, 6.45) is 1.53. The highest BCUT2D eigenvalue weighted by Crippen LogP contribution is 2.20. The van der Waals surface area contributed by atoms with Gasteiger partial charge in [0.2, 0.25) is 5.88 Å². The Labute approximate surface area is 168 Å². The van der Waals surface area contributed by atoms with E-state index in [9.17, 15) is 9.59 Å². The van der Waals surface area contributed by atoms with E-state index in [-0.39, 0.29) is 5.91 Å². The molecule has 1 aromatic carbocycles. The first-order valence-corrected chi connectivity index (χ1v) is 9.09. The van der Waals surface area contributed by atoms with Crippen molar-refractivity contribution in [1.82, 2.24) is 14.8 Å². The van der Waals surface area contributed by atoms with Crippen molar-refractivity contribution in [1.29, 1.82) is 0 Å². The van der Waals surface area contributed by atoms with Crippen molar-refractivity contribution in [2.75, 3.05) is 19.0 Å². The fourth-order valence-electron chi connectivity index (χ4n) is 2.93. The molecule has 8 heteroatoms. The van der Waals surface area contributed by atoms with Gasteiger partial charge in [-0.1, -0.05) is 0 Å². The first kappa shape index (κ1) is 20.1. The Kier molecular flexibility index (Phi) is 5.92. The summed E-state index contributed by atoms with van der Waals surface area (Å²) in [6.45, 7) is 5.64. The average molecular weight is 394 g/mol. The molecule has 3 aromatic rings. The Bertz CT molecular complexity index is 1020. The van der Waals surface area contributed by atoms with E-state index < -0.39 is 5.97 Å². The number of hydrogen-bond donors (Lipinski definition) is 1. The number of carbonyl (C=O) groups excluding carboxylic acids is 2. The first-order valence-electron chi connectivity index (χ1n) is 9.09. The molecule has 3 rings (SSSR count). The number of carbonyl (C=O) groups is 2. The van der Waals surface area contributed by atoms with Gasteiger partial charge in [-0.25, -0.2) is 14.5 Å². The second kappa shape index (κ2) is 8.55. The van der Waals surface area contributed by atoms with E-state index in [4.69, 9.17) is 9.47 Å². The number of ether oxygens (including phenoxy) is 2. The fourth-order valence-corrected chi connectivity index (χ4v) is 2.93. The predicted molar refractivity (Wildman–Crippen MR) is 108 cm³/mol. The van der Waals surface area contributed by atoms with E-state index in [1.165, 1.54) is 13.3 Å². The van der Waals surface area contributed by atoms with Crippen molar-refractivity contribution in [3.63, 3.8) is 0 Å². The molecule has 1 amide bonds. The van der Waals surface area contributed by atoms with Gasteiger partial charge in [0, 0.05) is 11.6 Å². The number of nitrogens with zero attached hydrogens (tertiary/aromatic N) is 3. The summed E-state index contributed by atoms with van der Waals surface area (Å²) in [4.78, 5) is 28.7. The molecule has 0 bridgehead atoms. The van der Waals surface area contributed by atoms with E-state index in [0.717, 1.165) is 5.69 Å². The van der Waals surface area contributed by atoms with Crippen LogP contribution in [0.4, 0.5) is 5.69 Å². The molecule has 0 saturated heterocycles. The van der Waals surface area contributed by atoms with Gasteiger partial charge in [0.1, 0.15) is 5.56 Å². The summed E-state index contributed by atoms with van der Waals surface area (Å²) in [5.74, 6) is -0.179. The highest BCUT2D eigenvalue weighted by Gasteiger charge is 2.20. The summed E-state index contributed by atoms with van der Waals surface area (Å²) in [7, 11) is 1.53. The first-order chi connectivity index (χ1) is 13.9. The van der Waals surface area contributed by atoms with Crippen LogP contribution >= 0.6 is 0 Å². The second-order valence-corrected chi connectivity index (χ2v) is 6.27. The molecule has 8 nitrogen and oxygen atoms in total. The highest BCUT2D eigenvalue weighted by atomic mass is 16.5. The number of rotatable bonds is 6. The minimum Gasteiger partial charge on any atom is -0.481 e.